The lowest BCUT2D eigenvalue weighted by atomic mass is 10.0. The van der Waals surface area contributed by atoms with Gasteiger partial charge in [-0.1, -0.05) is 12.1 Å². The fraction of sp³-hybridized carbons (Fsp3) is 0.235. The van der Waals surface area contributed by atoms with Gasteiger partial charge in [-0.2, -0.15) is 5.26 Å². The largest absolute Gasteiger partial charge is 0.573 e. The quantitative estimate of drug-likeness (QED) is 0.575. The minimum absolute atomic E-state index is 0.00581. The first-order valence-electron chi connectivity index (χ1n) is 7.04. The van der Waals surface area contributed by atoms with Gasteiger partial charge in [-0.3, -0.25) is 0 Å². The second kappa shape index (κ2) is 7.70. The van der Waals surface area contributed by atoms with E-state index in [-0.39, 0.29) is 12.5 Å². The molecule has 0 aliphatic carbocycles. The molecule has 0 radical (unpaired) electrons. The van der Waals surface area contributed by atoms with Gasteiger partial charge in [-0.15, -0.1) is 13.2 Å². The van der Waals surface area contributed by atoms with Gasteiger partial charge in [0.15, 0.2) is 6.79 Å². The van der Waals surface area contributed by atoms with Crippen LogP contribution < -0.4 is 9.47 Å². The van der Waals surface area contributed by atoms with Crippen molar-refractivity contribution in [3.8, 4) is 28.7 Å². The molecule has 2 aromatic rings. The zero-order valence-electron chi connectivity index (χ0n) is 12.8. The van der Waals surface area contributed by atoms with Gasteiger partial charge in [0.25, 0.3) is 0 Å². The maximum atomic E-state index is 12.4. The lowest BCUT2D eigenvalue weighted by molar-refractivity contribution is -0.274. The predicted octanol–water partition coefficient (Wildman–Crippen LogP) is 4.50. The Bertz CT molecular complexity index is 739. The molecule has 0 aromatic heterocycles. The third-order valence-corrected chi connectivity index (χ3v) is 2.99. The smallest absolute Gasteiger partial charge is 0.467 e. The standard InChI is InChI=1S/C17H14F3NO3/c1-2-22-11-23-16-7-6-12(10-21)8-15(16)13-4-3-5-14(9-13)24-17(18,19)20/h3-9H,2,11H2,1H3. The van der Waals surface area contributed by atoms with E-state index in [2.05, 4.69) is 4.74 Å². The van der Waals surface area contributed by atoms with E-state index in [1.807, 2.05) is 6.07 Å². The van der Waals surface area contributed by atoms with Crippen LogP contribution in [0.15, 0.2) is 42.5 Å². The van der Waals surface area contributed by atoms with Gasteiger partial charge in [-0.25, -0.2) is 0 Å². The van der Waals surface area contributed by atoms with Crippen molar-refractivity contribution in [2.45, 2.75) is 13.3 Å². The summed E-state index contributed by atoms with van der Waals surface area (Å²) in [7, 11) is 0. The number of benzene rings is 2. The first-order chi connectivity index (χ1) is 11.4. The molecule has 0 heterocycles. The van der Waals surface area contributed by atoms with Crippen molar-refractivity contribution in [2.75, 3.05) is 13.4 Å². The third-order valence-electron chi connectivity index (χ3n) is 2.99. The van der Waals surface area contributed by atoms with Crippen molar-refractivity contribution in [3.63, 3.8) is 0 Å². The number of hydrogen-bond acceptors (Lipinski definition) is 4. The van der Waals surface area contributed by atoms with Crippen molar-refractivity contribution in [2.24, 2.45) is 0 Å². The molecule has 126 valence electrons. The molecule has 0 unspecified atom stereocenters. The fourth-order valence-electron chi connectivity index (χ4n) is 2.00. The summed E-state index contributed by atoms with van der Waals surface area (Å²) in [6, 6.07) is 12.1. The Labute approximate surface area is 137 Å². The van der Waals surface area contributed by atoms with E-state index < -0.39 is 6.36 Å². The minimum Gasteiger partial charge on any atom is -0.467 e. The number of nitriles is 1. The number of ether oxygens (including phenoxy) is 3. The molecule has 0 aliphatic heterocycles. The zero-order valence-corrected chi connectivity index (χ0v) is 12.8. The molecule has 0 amide bonds. The maximum Gasteiger partial charge on any atom is 0.573 e. The molecule has 4 nitrogen and oxygen atoms in total. The van der Waals surface area contributed by atoms with Crippen molar-refractivity contribution >= 4 is 0 Å². The third kappa shape index (κ3) is 4.89. The first kappa shape index (κ1) is 17.6. The highest BCUT2D eigenvalue weighted by Crippen LogP contribution is 2.34. The van der Waals surface area contributed by atoms with Crippen LogP contribution in [-0.2, 0) is 4.74 Å². The topological polar surface area (TPSA) is 51.5 Å². The summed E-state index contributed by atoms with van der Waals surface area (Å²) in [4.78, 5) is 0. The van der Waals surface area contributed by atoms with Gasteiger partial charge in [-0.05, 0) is 42.8 Å². The van der Waals surface area contributed by atoms with Crippen LogP contribution in [0.3, 0.4) is 0 Å². The molecule has 0 spiro atoms. The lowest BCUT2D eigenvalue weighted by Gasteiger charge is -2.14. The lowest BCUT2D eigenvalue weighted by Crippen LogP contribution is -2.17. The normalized spacial score (nSPS) is 11.0. The van der Waals surface area contributed by atoms with E-state index in [9.17, 15) is 13.2 Å². The van der Waals surface area contributed by atoms with Crippen molar-refractivity contribution in [1.82, 2.24) is 0 Å². The monoisotopic (exact) mass is 337 g/mol. The van der Waals surface area contributed by atoms with Crippen LogP contribution in [0.1, 0.15) is 12.5 Å². The van der Waals surface area contributed by atoms with Crippen molar-refractivity contribution < 1.29 is 27.4 Å². The second-order valence-corrected chi connectivity index (χ2v) is 4.65. The van der Waals surface area contributed by atoms with Gasteiger partial charge in [0, 0.05) is 12.2 Å². The molecule has 7 heteroatoms. The van der Waals surface area contributed by atoms with Crippen molar-refractivity contribution in [1.29, 1.82) is 5.26 Å². The van der Waals surface area contributed by atoms with Gasteiger partial charge in [0.05, 0.1) is 11.6 Å². The van der Waals surface area contributed by atoms with E-state index in [1.54, 1.807) is 25.1 Å². The number of rotatable bonds is 6. The van der Waals surface area contributed by atoms with Crippen LogP contribution in [0.25, 0.3) is 11.1 Å². The molecular weight excluding hydrogens is 323 g/mol. The Hall–Kier alpha value is -2.72. The predicted molar refractivity (Wildman–Crippen MR) is 80.4 cm³/mol. The first-order valence-corrected chi connectivity index (χ1v) is 7.04. The maximum absolute atomic E-state index is 12.4. The fourth-order valence-corrected chi connectivity index (χ4v) is 2.00. The summed E-state index contributed by atoms with van der Waals surface area (Å²) < 4.78 is 51.6. The van der Waals surface area contributed by atoms with E-state index >= 15 is 0 Å². The van der Waals surface area contributed by atoms with E-state index in [0.29, 0.717) is 29.0 Å². The van der Waals surface area contributed by atoms with Crippen LogP contribution >= 0.6 is 0 Å². The van der Waals surface area contributed by atoms with Crippen molar-refractivity contribution in [3.05, 3.63) is 48.0 Å². The summed E-state index contributed by atoms with van der Waals surface area (Å²) in [5.41, 5.74) is 1.26. The van der Waals surface area contributed by atoms with Gasteiger partial charge >= 0.3 is 6.36 Å². The molecule has 0 aliphatic rings. The van der Waals surface area contributed by atoms with Gasteiger partial charge in [0.2, 0.25) is 0 Å². The van der Waals surface area contributed by atoms with E-state index in [1.165, 1.54) is 24.3 Å². The Kier molecular flexibility index (Phi) is 5.66. The zero-order chi connectivity index (χ0) is 17.6. The summed E-state index contributed by atoms with van der Waals surface area (Å²) >= 11 is 0. The molecule has 0 atom stereocenters. The molecule has 0 saturated heterocycles. The molecule has 0 saturated carbocycles. The molecular formula is C17H14F3NO3. The highest BCUT2D eigenvalue weighted by atomic mass is 19.4. The van der Waals surface area contributed by atoms with Crippen LogP contribution in [0.2, 0.25) is 0 Å². The van der Waals surface area contributed by atoms with E-state index in [0.717, 1.165) is 0 Å². The minimum atomic E-state index is -4.78. The Morgan fingerprint density at radius 1 is 1.12 bits per heavy atom. The number of hydrogen-bond donors (Lipinski definition) is 0. The second-order valence-electron chi connectivity index (χ2n) is 4.65. The number of nitrogens with zero attached hydrogens (tertiary/aromatic N) is 1. The number of alkyl halides is 3. The summed E-state index contributed by atoms with van der Waals surface area (Å²) in [6.45, 7) is 2.26. The Morgan fingerprint density at radius 2 is 1.92 bits per heavy atom. The SMILES string of the molecule is CCOCOc1ccc(C#N)cc1-c1cccc(OC(F)(F)F)c1. The highest BCUT2D eigenvalue weighted by molar-refractivity contribution is 5.73. The van der Waals surface area contributed by atoms with Gasteiger partial charge in [0.1, 0.15) is 11.5 Å². The molecule has 2 rings (SSSR count). The molecule has 2 aromatic carbocycles. The van der Waals surface area contributed by atoms with Crippen LogP contribution in [0.4, 0.5) is 13.2 Å². The summed E-state index contributed by atoms with van der Waals surface area (Å²) in [5.74, 6) is 0.0460. The summed E-state index contributed by atoms with van der Waals surface area (Å²) in [6.07, 6.45) is -4.78. The molecule has 0 fully saturated rings. The highest BCUT2D eigenvalue weighted by Gasteiger charge is 2.31. The Morgan fingerprint density at radius 3 is 2.58 bits per heavy atom. The Balaban J connectivity index is 2.38. The average molecular weight is 337 g/mol. The number of halogens is 3. The van der Waals surface area contributed by atoms with E-state index in [4.69, 9.17) is 14.7 Å². The van der Waals surface area contributed by atoms with Crippen LogP contribution in [0.5, 0.6) is 11.5 Å². The van der Waals surface area contributed by atoms with Gasteiger partial charge < -0.3 is 14.2 Å². The summed E-state index contributed by atoms with van der Waals surface area (Å²) in [5, 5.41) is 9.03. The molecule has 0 bridgehead atoms. The molecule has 0 N–H and O–H groups in total. The average Bonchev–Trinajstić information content (AvgIpc) is 2.54. The molecule has 24 heavy (non-hydrogen) atoms. The van der Waals surface area contributed by atoms with Crippen LogP contribution in [-0.4, -0.2) is 19.8 Å². The van der Waals surface area contributed by atoms with Crippen LogP contribution in [0, 0.1) is 11.3 Å².